The van der Waals surface area contributed by atoms with Crippen LogP contribution in [-0.4, -0.2) is 24.2 Å². The third-order valence-electron chi connectivity index (χ3n) is 3.09. The van der Waals surface area contributed by atoms with E-state index in [1.807, 2.05) is 41.0 Å². The highest BCUT2D eigenvalue weighted by Crippen LogP contribution is 2.25. The second kappa shape index (κ2) is 4.57. The Morgan fingerprint density at radius 3 is 2.40 bits per heavy atom. The second-order valence-corrected chi connectivity index (χ2v) is 6.89. The van der Waals surface area contributed by atoms with Crippen LogP contribution in [-0.2, 0) is 9.84 Å². The standard InChI is InChI=1S/C14H12N2O2S2/c1-20(17,18)12-9-5-8-11-13(12)15-14(19)16(11)10-6-3-2-4-7-10/h2-9H,1H3,(H,15,19). The number of benzene rings is 2. The lowest BCUT2D eigenvalue weighted by atomic mass is 10.3. The Labute approximate surface area is 121 Å². The number of aromatic nitrogens is 2. The summed E-state index contributed by atoms with van der Waals surface area (Å²) in [5.41, 5.74) is 2.20. The number of para-hydroxylation sites is 2. The van der Waals surface area contributed by atoms with Crippen molar-refractivity contribution in [3.05, 3.63) is 53.3 Å². The molecule has 102 valence electrons. The lowest BCUT2D eigenvalue weighted by Crippen LogP contribution is -1.98. The third kappa shape index (κ3) is 2.07. The number of imidazole rings is 1. The Hall–Kier alpha value is -1.92. The molecule has 0 aliphatic heterocycles. The maximum absolute atomic E-state index is 11.8. The molecular formula is C14H12N2O2S2. The van der Waals surface area contributed by atoms with Gasteiger partial charge >= 0.3 is 0 Å². The minimum Gasteiger partial charge on any atom is -0.329 e. The summed E-state index contributed by atoms with van der Waals surface area (Å²) < 4.78 is 26.0. The van der Waals surface area contributed by atoms with Gasteiger partial charge in [-0.05, 0) is 36.5 Å². The van der Waals surface area contributed by atoms with E-state index in [9.17, 15) is 8.42 Å². The Morgan fingerprint density at radius 2 is 1.75 bits per heavy atom. The number of nitrogens with one attached hydrogen (secondary N) is 1. The largest absolute Gasteiger partial charge is 0.329 e. The van der Waals surface area contributed by atoms with E-state index in [0.717, 1.165) is 11.2 Å². The molecule has 6 heteroatoms. The van der Waals surface area contributed by atoms with Gasteiger partial charge in [-0.2, -0.15) is 0 Å². The predicted octanol–water partition coefficient (Wildman–Crippen LogP) is 3.09. The van der Waals surface area contributed by atoms with Gasteiger partial charge in [-0.15, -0.1) is 0 Å². The fourth-order valence-electron chi connectivity index (χ4n) is 2.25. The summed E-state index contributed by atoms with van der Waals surface area (Å²) >= 11 is 5.33. The predicted molar refractivity (Wildman–Crippen MR) is 81.6 cm³/mol. The zero-order valence-corrected chi connectivity index (χ0v) is 12.3. The molecule has 0 amide bonds. The molecule has 0 bridgehead atoms. The van der Waals surface area contributed by atoms with Gasteiger partial charge in [-0.3, -0.25) is 4.57 Å². The van der Waals surface area contributed by atoms with E-state index in [0.29, 0.717) is 10.3 Å². The van der Waals surface area contributed by atoms with Crippen LogP contribution in [0.2, 0.25) is 0 Å². The number of rotatable bonds is 2. The van der Waals surface area contributed by atoms with Crippen molar-refractivity contribution in [2.75, 3.05) is 6.26 Å². The first-order valence-electron chi connectivity index (χ1n) is 5.98. The first-order valence-corrected chi connectivity index (χ1v) is 8.28. The van der Waals surface area contributed by atoms with Crippen molar-refractivity contribution in [2.24, 2.45) is 0 Å². The molecule has 3 aromatic rings. The van der Waals surface area contributed by atoms with Crippen LogP contribution in [0.3, 0.4) is 0 Å². The highest BCUT2D eigenvalue weighted by atomic mass is 32.2. The van der Waals surface area contributed by atoms with Gasteiger partial charge in [0, 0.05) is 11.9 Å². The van der Waals surface area contributed by atoms with Gasteiger partial charge in [0.25, 0.3) is 0 Å². The molecule has 1 heterocycles. The van der Waals surface area contributed by atoms with Crippen molar-refractivity contribution in [1.82, 2.24) is 9.55 Å². The topological polar surface area (TPSA) is 54.9 Å². The molecule has 2 aromatic carbocycles. The summed E-state index contributed by atoms with van der Waals surface area (Å²) in [5, 5.41) is 0. The fraction of sp³-hybridized carbons (Fsp3) is 0.0714. The first-order chi connectivity index (χ1) is 9.48. The quantitative estimate of drug-likeness (QED) is 0.740. The summed E-state index contributed by atoms with van der Waals surface area (Å²) in [6, 6.07) is 14.8. The van der Waals surface area contributed by atoms with Crippen LogP contribution in [0.1, 0.15) is 0 Å². The molecule has 0 unspecified atom stereocenters. The van der Waals surface area contributed by atoms with Crippen molar-refractivity contribution in [3.63, 3.8) is 0 Å². The lowest BCUT2D eigenvalue weighted by Gasteiger charge is -2.05. The molecule has 3 rings (SSSR count). The molecule has 0 atom stereocenters. The van der Waals surface area contributed by atoms with Crippen LogP contribution in [0.5, 0.6) is 0 Å². The van der Waals surface area contributed by atoms with Crippen molar-refractivity contribution in [1.29, 1.82) is 0 Å². The molecule has 0 spiro atoms. The minimum absolute atomic E-state index is 0.260. The van der Waals surface area contributed by atoms with Gasteiger partial charge in [0.1, 0.15) is 0 Å². The van der Waals surface area contributed by atoms with Crippen molar-refractivity contribution in [2.45, 2.75) is 4.90 Å². The average molecular weight is 304 g/mol. The highest BCUT2D eigenvalue weighted by Gasteiger charge is 2.15. The Balaban J connectivity index is 2.43. The summed E-state index contributed by atoms with van der Waals surface area (Å²) in [5.74, 6) is 0. The van der Waals surface area contributed by atoms with Gasteiger partial charge in [-0.1, -0.05) is 24.3 Å². The SMILES string of the molecule is CS(=O)(=O)c1cccc2c1[nH]c(=S)n2-c1ccccc1. The van der Waals surface area contributed by atoms with E-state index >= 15 is 0 Å². The summed E-state index contributed by atoms with van der Waals surface area (Å²) in [6.07, 6.45) is 1.19. The zero-order chi connectivity index (χ0) is 14.3. The van der Waals surface area contributed by atoms with Gasteiger partial charge < -0.3 is 4.98 Å². The average Bonchev–Trinajstić information content (AvgIpc) is 2.74. The number of aromatic amines is 1. The lowest BCUT2D eigenvalue weighted by molar-refractivity contribution is 0.602. The maximum Gasteiger partial charge on any atom is 0.182 e. The zero-order valence-electron chi connectivity index (χ0n) is 10.7. The van der Waals surface area contributed by atoms with Crippen molar-refractivity contribution < 1.29 is 8.42 Å². The van der Waals surface area contributed by atoms with Crippen LogP contribution < -0.4 is 0 Å². The van der Waals surface area contributed by atoms with Crippen LogP contribution in [0.4, 0.5) is 0 Å². The number of hydrogen-bond donors (Lipinski definition) is 1. The van der Waals surface area contributed by atoms with Crippen LogP contribution in [0, 0.1) is 4.77 Å². The van der Waals surface area contributed by atoms with E-state index in [-0.39, 0.29) is 4.90 Å². The number of sulfone groups is 1. The molecule has 20 heavy (non-hydrogen) atoms. The molecular weight excluding hydrogens is 292 g/mol. The Bertz CT molecular complexity index is 938. The van der Waals surface area contributed by atoms with E-state index in [1.165, 1.54) is 6.26 Å². The maximum atomic E-state index is 11.8. The first kappa shape index (κ1) is 13.1. The Kier molecular flexibility index (Phi) is 2.99. The molecule has 0 fully saturated rings. The molecule has 4 nitrogen and oxygen atoms in total. The highest BCUT2D eigenvalue weighted by molar-refractivity contribution is 7.91. The molecule has 0 radical (unpaired) electrons. The summed E-state index contributed by atoms with van der Waals surface area (Å²) in [6.45, 7) is 0. The van der Waals surface area contributed by atoms with Gasteiger partial charge in [-0.25, -0.2) is 8.42 Å². The van der Waals surface area contributed by atoms with Crippen LogP contribution in [0.25, 0.3) is 16.7 Å². The molecule has 0 aliphatic rings. The van der Waals surface area contributed by atoms with Gasteiger partial charge in [0.05, 0.1) is 15.9 Å². The number of fused-ring (bicyclic) bond motifs is 1. The molecule has 1 N–H and O–H groups in total. The summed E-state index contributed by atoms with van der Waals surface area (Å²) in [7, 11) is -3.31. The molecule has 0 saturated heterocycles. The minimum atomic E-state index is -3.31. The molecule has 0 aliphatic carbocycles. The van der Waals surface area contributed by atoms with Gasteiger partial charge in [0.15, 0.2) is 14.6 Å². The molecule has 1 aromatic heterocycles. The van der Waals surface area contributed by atoms with Crippen molar-refractivity contribution in [3.8, 4) is 5.69 Å². The van der Waals surface area contributed by atoms with Gasteiger partial charge in [0.2, 0.25) is 0 Å². The monoisotopic (exact) mass is 304 g/mol. The number of H-pyrrole nitrogens is 1. The van der Waals surface area contributed by atoms with E-state index < -0.39 is 9.84 Å². The second-order valence-electron chi connectivity index (χ2n) is 4.52. The number of hydrogen-bond acceptors (Lipinski definition) is 3. The Morgan fingerprint density at radius 1 is 1.05 bits per heavy atom. The van der Waals surface area contributed by atoms with E-state index in [1.54, 1.807) is 12.1 Å². The van der Waals surface area contributed by atoms with Crippen LogP contribution in [0.15, 0.2) is 53.4 Å². The van der Waals surface area contributed by atoms with E-state index in [4.69, 9.17) is 12.2 Å². The molecule has 0 saturated carbocycles. The smallest absolute Gasteiger partial charge is 0.182 e. The van der Waals surface area contributed by atoms with Crippen LogP contribution >= 0.6 is 12.2 Å². The normalized spacial score (nSPS) is 11.8. The number of nitrogens with zero attached hydrogens (tertiary/aromatic N) is 1. The van der Waals surface area contributed by atoms with E-state index in [2.05, 4.69) is 4.98 Å². The van der Waals surface area contributed by atoms with Crippen molar-refractivity contribution >= 4 is 33.1 Å². The third-order valence-corrected chi connectivity index (χ3v) is 4.52. The summed E-state index contributed by atoms with van der Waals surface area (Å²) in [4.78, 5) is 3.26. The fourth-order valence-corrected chi connectivity index (χ4v) is 3.40.